The van der Waals surface area contributed by atoms with E-state index in [-0.39, 0.29) is 11.7 Å². The van der Waals surface area contributed by atoms with E-state index in [1.165, 1.54) is 13.1 Å². The molecule has 126 valence electrons. The van der Waals surface area contributed by atoms with Crippen LogP contribution in [0.25, 0.3) is 0 Å². The summed E-state index contributed by atoms with van der Waals surface area (Å²) >= 11 is 0. The molecule has 1 saturated heterocycles. The zero-order valence-electron chi connectivity index (χ0n) is 13.5. The number of carbonyl (C=O) groups is 2. The van der Waals surface area contributed by atoms with Crippen molar-refractivity contribution in [1.29, 1.82) is 0 Å². The Morgan fingerprint density at radius 1 is 1.33 bits per heavy atom. The first kappa shape index (κ1) is 16.2. The third-order valence-electron chi connectivity index (χ3n) is 3.93. The largest absolute Gasteiger partial charge is 0.378 e. The minimum Gasteiger partial charge on any atom is -0.378 e. The Bertz CT molecular complexity index is 718. The van der Waals surface area contributed by atoms with Crippen molar-refractivity contribution in [3.63, 3.8) is 0 Å². The van der Waals surface area contributed by atoms with E-state index in [0.29, 0.717) is 17.8 Å². The van der Waals surface area contributed by atoms with Gasteiger partial charge in [-0.25, -0.2) is 4.98 Å². The van der Waals surface area contributed by atoms with Gasteiger partial charge in [0.05, 0.1) is 13.2 Å². The predicted octanol–water partition coefficient (Wildman–Crippen LogP) is 1.38. The maximum atomic E-state index is 12.1. The number of nitrogens with zero attached hydrogens (tertiary/aromatic N) is 2. The number of morpholine rings is 1. The lowest BCUT2D eigenvalue weighted by Gasteiger charge is -2.27. The van der Waals surface area contributed by atoms with E-state index < -0.39 is 0 Å². The highest BCUT2D eigenvalue weighted by Crippen LogP contribution is 2.13. The van der Waals surface area contributed by atoms with Crippen molar-refractivity contribution < 1.29 is 14.3 Å². The van der Waals surface area contributed by atoms with E-state index >= 15 is 0 Å². The minimum absolute atomic E-state index is 0.0757. The van der Waals surface area contributed by atoms with Crippen LogP contribution in [0.15, 0.2) is 30.6 Å². The molecule has 0 radical (unpaired) electrons. The Morgan fingerprint density at radius 2 is 2.12 bits per heavy atom. The number of nitrogens with one attached hydrogen (secondary N) is 2. The van der Waals surface area contributed by atoms with Gasteiger partial charge >= 0.3 is 0 Å². The van der Waals surface area contributed by atoms with Crippen molar-refractivity contribution in [2.75, 3.05) is 31.2 Å². The van der Waals surface area contributed by atoms with Gasteiger partial charge in [-0.1, -0.05) is 6.07 Å². The molecule has 0 saturated carbocycles. The van der Waals surface area contributed by atoms with Gasteiger partial charge in [0.15, 0.2) is 5.78 Å². The predicted molar refractivity (Wildman–Crippen MR) is 89.2 cm³/mol. The van der Waals surface area contributed by atoms with Crippen LogP contribution in [-0.4, -0.2) is 48.0 Å². The van der Waals surface area contributed by atoms with Gasteiger partial charge in [0.25, 0.3) is 5.91 Å². The summed E-state index contributed by atoms with van der Waals surface area (Å²) in [7, 11) is 0. The number of hydrogen-bond acceptors (Lipinski definition) is 5. The average molecular weight is 328 g/mol. The summed E-state index contributed by atoms with van der Waals surface area (Å²) in [4.78, 5) is 32.8. The zero-order valence-corrected chi connectivity index (χ0v) is 13.5. The smallest absolute Gasteiger partial charge is 0.267 e. The number of ether oxygens (including phenoxy) is 1. The molecule has 3 heterocycles. The second-order valence-corrected chi connectivity index (χ2v) is 5.66. The van der Waals surface area contributed by atoms with Crippen molar-refractivity contribution in [2.24, 2.45) is 0 Å². The van der Waals surface area contributed by atoms with Crippen LogP contribution in [0.3, 0.4) is 0 Å². The molecule has 2 aromatic heterocycles. The molecule has 0 aromatic carbocycles. The number of aromatic amines is 1. The maximum Gasteiger partial charge on any atom is 0.267 e. The molecule has 0 bridgehead atoms. The molecule has 3 rings (SSSR count). The van der Waals surface area contributed by atoms with E-state index in [0.717, 1.165) is 37.7 Å². The van der Waals surface area contributed by atoms with Gasteiger partial charge in [-0.15, -0.1) is 0 Å². The summed E-state index contributed by atoms with van der Waals surface area (Å²) in [6, 6.07) is 5.46. The molecule has 0 unspecified atom stereocenters. The van der Waals surface area contributed by atoms with E-state index in [1.807, 2.05) is 12.1 Å². The van der Waals surface area contributed by atoms with Crippen LogP contribution in [0.2, 0.25) is 0 Å². The van der Waals surface area contributed by atoms with Gasteiger partial charge in [-0.05, 0) is 24.6 Å². The molecule has 0 atom stereocenters. The first-order valence-corrected chi connectivity index (χ1v) is 7.88. The lowest BCUT2D eigenvalue weighted by Crippen LogP contribution is -2.36. The second-order valence-electron chi connectivity index (χ2n) is 5.66. The fourth-order valence-electron chi connectivity index (χ4n) is 2.51. The van der Waals surface area contributed by atoms with E-state index in [1.54, 1.807) is 12.3 Å². The topological polar surface area (TPSA) is 87.3 Å². The Morgan fingerprint density at radius 3 is 2.75 bits per heavy atom. The van der Waals surface area contributed by atoms with Crippen LogP contribution in [0.4, 0.5) is 5.82 Å². The average Bonchev–Trinajstić information content (AvgIpc) is 3.11. The number of hydrogen-bond donors (Lipinski definition) is 2. The highest BCUT2D eigenvalue weighted by atomic mass is 16.5. The molecule has 0 aliphatic carbocycles. The molecule has 0 spiro atoms. The number of amides is 1. The van der Waals surface area contributed by atoms with Crippen molar-refractivity contribution >= 4 is 17.5 Å². The van der Waals surface area contributed by atoms with Crippen molar-refractivity contribution in [2.45, 2.75) is 13.5 Å². The summed E-state index contributed by atoms with van der Waals surface area (Å²) in [5.41, 5.74) is 1.79. The summed E-state index contributed by atoms with van der Waals surface area (Å²) in [6.07, 6.45) is 3.30. The molecule has 1 fully saturated rings. The number of pyridine rings is 1. The fourth-order valence-corrected chi connectivity index (χ4v) is 2.51. The molecular formula is C17H20N4O3. The first-order valence-electron chi connectivity index (χ1n) is 7.88. The van der Waals surface area contributed by atoms with Gasteiger partial charge in [-0.3, -0.25) is 9.59 Å². The number of aromatic nitrogens is 2. The second kappa shape index (κ2) is 7.27. The molecule has 7 nitrogen and oxygen atoms in total. The van der Waals surface area contributed by atoms with Gasteiger partial charge in [-0.2, -0.15) is 0 Å². The Hall–Kier alpha value is -2.67. The molecule has 1 aliphatic heterocycles. The summed E-state index contributed by atoms with van der Waals surface area (Å²) in [6.45, 7) is 4.97. The number of carbonyl (C=O) groups excluding carboxylic acids is 2. The summed E-state index contributed by atoms with van der Waals surface area (Å²) < 4.78 is 5.33. The number of H-pyrrole nitrogens is 1. The Labute approximate surface area is 140 Å². The third kappa shape index (κ3) is 3.80. The maximum absolute atomic E-state index is 12.1. The van der Waals surface area contributed by atoms with Gasteiger partial charge in [0, 0.05) is 37.6 Å². The molecular weight excluding hydrogens is 308 g/mol. The molecule has 7 heteroatoms. The molecule has 2 aromatic rings. The van der Waals surface area contributed by atoms with Gasteiger partial charge in [0.1, 0.15) is 11.5 Å². The van der Waals surface area contributed by atoms with Crippen molar-refractivity contribution in [3.8, 4) is 0 Å². The lowest BCUT2D eigenvalue weighted by atomic mass is 10.2. The summed E-state index contributed by atoms with van der Waals surface area (Å²) in [5.74, 6) is 0.594. The number of Topliss-reactive ketones (excluding diaryl/α,β-unsaturated/α-hetero) is 1. The van der Waals surface area contributed by atoms with Crippen LogP contribution in [-0.2, 0) is 11.3 Å². The molecule has 1 amide bonds. The number of rotatable bonds is 5. The van der Waals surface area contributed by atoms with Crippen molar-refractivity contribution in [1.82, 2.24) is 15.3 Å². The lowest BCUT2D eigenvalue weighted by molar-refractivity contribution is 0.0946. The number of ketones is 1. The Balaban J connectivity index is 1.55. The SMILES string of the molecule is CC(=O)c1c[nH]c(C(=O)NCc2ccc(N3CCOCC3)nc2)c1. The normalized spacial score (nSPS) is 14.5. The Kier molecular flexibility index (Phi) is 4.90. The van der Waals surface area contributed by atoms with Crippen LogP contribution >= 0.6 is 0 Å². The van der Waals surface area contributed by atoms with Crippen molar-refractivity contribution in [3.05, 3.63) is 47.4 Å². The third-order valence-corrected chi connectivity index (χ3v) is 3.93. The summed E-state index contributed by atoms with van der Waals surface area (Å²) in [5, 5.41) is 2.81. The van der Waals surface area contributed by atoms with E-state index in [2.05, 4.69) is 20.2 Å². The fraction of sp³-hybridized carbons (Fsp3) is 0.353. The zero-order chi connectivity index (χ0) is 16.9. The van der Waals surface area contributed by atoms with Gasteiger partial charge < -0.3 is 19.9 Å². The molecule has 1 aliphatic rings. The monoisotopic (exact) mass is 328 g/mol. The van der Waals surface area contributed by atoms with Crippen LogP contribution in [0, 0.1) is 0 Å². The van der Waals surface area contributed by atoms with E-state index in [4.69, 9.17) is 4.74 Å². The van der Waals surface area contributed by atoms with Crippen LogP contribution in [0.1, 0.15) is 33.3 Å². The highest BCUT2D eigenvalue weighted by molar-refractivity contribution is 5.99. The standard InChI is InChI=1S/C17H20N4O3/c1-12(22)14-8-15(18-11-14)17(23)20-10-13-2-3-16(19-9-13)21-4-6-24-7-5-21/h2-3,8-9,11,18H,4-7,10H2,1H3,(H,20,23). The van der Waals surface area contributed by atoms with E-state index in [9.17, 15) is 9.59 Å². The number of anilines is 1. The quantitative estimate of drug-likeness (QED) is 0.810. The highest BCUT2D eigenvalue weighted by Gasteiger charge is 2.13. The molecule has 24 heavy (non-hydrogen) atoms. The first-order chi connectivity index (χ1) is 11.6. The van der Waals surface area contributed by atoms with Crippen LogP contribution < -0.4 is 10.2 Å². The minimum atomic E-state index is -0.250. The van der Waals surface area contributed by atoms with Crippen LogP contribution in [0.5, 0.6) is 0 Å². The molecule has 2 N–H and O–H groups in total. The van der Waals surface area contributed by atoms with Gasteiger partial charge in [0.2, 0.25) is 0 Å².